The molecule has 0 bridgehead atoms. The van der Waals surface area contributed by atoms with Crippen LogP contribution in [0.3, 0.4) is 0 Å². The molecule has 0 aliphatic heterocycles. The summed E-state index contributed by atoms with van der Waals surface area (Å²) in [6.07, 6.45) is 3.38. The molecule has 3 heteroatoms. The summed E-state index contributed by atoms with van der Waals surface area (Å²) in [5.74, 6) is 0. The van der Waals surface area contributed by atoms with Crippen molar-refractivity contribution in [2.24, 2.45) is 0 Å². The van der Waals surface area contributed by atoms with Gasteiger partial charge < -0.3 is 4.57 Å². The predicted octanol–water partition coefficient (Wildman–Crippen LogP) is 1.08. The first kappa shape index (κ1) is 7.72. The summed E-state index contributed by atoms with van der Waals surface area (Å²) in [4.78, 5) is 4.13. The second-order valence-electron chi connectivity index (χ2n) is 2.41. The maximum atomic E-state index is 7.52. The zero-order valence-corrected chi connectivity index (χ0v) is 6.76. The van der Waals surface area contributed by atoms with Gasteiger partial charge in [-0.05, 0) is 13.8 Å². The molecule has 0 radical (unpaired) electrons. The Balaban J connectivity index is 3.48. The van der Waals surface area contributed by atoms with Gasteiger partial charge in [0.05, 0.1) is 11.4 Å². The lowest BCUT2D eigenvalue weighted by Gasteiger charge is -2.02. The first-order valence-corrected chi connectivity index (χ1v) is 3.38. The Labute approximate surface area is 65.5 Å². The van der Waals surface area contributed by atoms with E-state index in [1.54, 1.807) is 17.0 Å². The molecule has 0 saturated carbocycles. The molecule has 0 aliphatic rings. The Kier molecular flexibility index (Phi) is 1.89. The van der Waals surface area contributed by atoms with Gasteiger partial charge in [-0.2, -0.15) is 0 Å². The van der Waals surface area contributed by atoms with E-state index in [1.165, 1.54) is 0 Å². The maximum Gasteiger partial charge on any atom is 0.150 e. The molecule has 0 aliphatic carbocycles. The fourth-order valence-electron chi connectivity index (χ4n) is 0.943. The Morgan fingerprint density at radius 1 is 1.64 bits per heavy atom. The summed E-state index contributed by atoms with van der Waals surface area (Å²) in [6, 6.07) is 0. The topological polar surface area (TPSA) is 41.7 Å². The fraction of sp³-hybridized carbons (Fsp3) is 0.250. The molecule has 58 valence electrons. The second-order valence-corrected chi connectivity index (χ2v) is 2.41. The Hall–Kier alpha value is -1.38. The van der Waals surface area contributed by atoms with Crippen molar-refractivity contribution in [3.63, 3.8) is 0 Å². The maximum absolute atomic E-state index is 7.52. The van der Waals surface area contributed by atoms with Crippen molar-refractivity contribution in [3.8, 4) is 0 Å². The van der Waals surface area contributed by atoms with Gasteiger partial charge in [-0.3, -0.25) is 10.4 Å². The fourth-order valence-corrected chi connectivity index (χ4v) is 0.943. The summed E-state index contributed by atoms with van der Waals surface area (Å²) >= 11 is 0. The van der Waals surface area contributed by atoms with Gasteiger partial charge in [0.1, 0.15) is 0 Å². The Morgan fingerprint density at radius 3 is 2.82 bits per heavy atom. The van der Waals surface area contributed by atoms with Crippen LogP contribution in [-0.4, -0.2) is 9.55 Å². The van der Waals surface area contributed by atoms with Gasteiger partial charge in [-0.15, -0.1) is 0 Å². The molecule has 0 amide bonds. The van der Waals surface area contributed by atoms with Crippen LogP contribution in [0.25, 0.3) is 6.20 Å². The van der Waals surface area contributed by atoms with Gasteiger partial charge in [0.2, 0.25) is 0 Å². The lowest BCUT2D eigenvalue weighted by Crippen LogP contribution is -2.19. The van der Waals surface area contributed by atoms with Gasteiger partial charge in [-0.25, -0.2) is 0 Å². The highest BCUT2D eigenvalue weighted by Crippen LogP contribution is 1.90. The van der Waals surface area contributed by atoms with Gasteiger partial charge in [0.25, 0.3) is 0 Å². The third-order valence-electron chi connectivity index (χ3n) is 1.47. The standard InChI is InChI=1S/C8H11N3/c1-4-11-5-6(2)10-7(3)8(11)9/h4-5,9H,1H2,2-3H3. The summed E-state index contributed by atoms with van der Waals surface area (Å²) in [6.45, 7) is 7.30. The molecule has 3 nitrogen and oxygen atoms in total. The van der Waals surface area contributed by atoms with Gasteiger partial charge >= 0.3 is 0 Å². The van der Waals surface area contributed by atoms with Crippen LogP contribution in [0, 0.1) is 19.3 Å². The largest absolute Gasteiger partial charge is 0.306 e. The van der Waals surface area contributed by atoms with Crippen molar-refractivity contribution in [1.82, 2.24) is 9.55 Å². The van der Waals surface area contributed by atoms with Crippen LogP contribution in [0.1, 0.15) is 11.4 Å². The SMILES string of the molecule is C=Cn1cc(C)nc(C)c1=N. The first-order valence-electron chi connectivity index (χ1n) is 3.38. The van der Waals surface area contributed by atoms with E-state index in [0.29, 0.717) is 5.49 Å². The molecule has 0 atom stereocenters. The van der Waals surface area contributed by atoms with E-state index in [9.17, 15) is 0 Å². The Morgan fingerprint density at radius 2 is 2.27 bits per heavy atom. The highest BCUT2D eigenvalue weighted by molar-refractivity contribution is 5.18. The van der Waals surface area contributed by atoms with E-state index in [0.717, 1.165) is 11.4 Å². The van der Waals surface area contributed by atoms with Crippen LogP contribution in [-0.2, 0) is 0 Å². The molecule has 1 aromatic heterocycles. The van der Waals surface area contributed by atoms with Gasteiger partial charge in [-0.1, -0.05) is 6.58 Å². The predicted molar refractivity (Wildman–Crippen MR) is 43.9 cm³/mol. The molecular weight excluding hydrogens is 138 g/mol. The zero-order valence-electron chi connectivity index (χ0n) is 6.76. The summed E-state index contributed by atoms with van der Waals surface area (Å²) in [7, 11) is 0. The van der Waals surface area contributed by atoms with Crippen LogP contribution in [0.5, 0.6) is 0 Å². The smallest absolute Gasteiger partial charge is 0.150 e. The lowest BCUT2D eigenvalue weighted by molar-refractivity contribution is 0.881. The molecule has 0 spiro atoms. The minimum atomic E-state index is 0.394. The molecule has 11 heavy (non-hydrogen) atoms. The molecule has 0 fully saturated rings. The lowest BCUT2D eigenvalue weighted by atomic mass is 10.4. The first-order chi connectivity index (χ1) is 5.15. The molecule has 1 aromatic rings. The van der Waals surface area contributed by atoms with E-state index in [-0.39, 0.29) is 0 Å². The van der Waals surface area contributed by atoms with Crippen molar-refractivity contribution < 1.29 is 0 Å². The number of hydrogen-bond donors (Lipinski definition) is 1. The number of rotatable bonds is 1. The van der Waals surface area contributed by atoms with E-state index in [1.807, 2.05) is 13.8 Å². The van der Waals surface area contributed by atoms with Gasteiger partial charge in [0, 0.05) is 12.4 Å². The minimum absolute atomic E-state index is 0.394. The highest BCUT2D eigenvalue weighted by Gasteiger charge is 1.94. The van der Waals surface area contributed by atoms with Crippen molar-refractivity contribution in [2.45, 2.75) is 13.8 Å². The molecule has 0 unspecified atom stereocenters. The number of hydrogen-bond acceptors (Lipinski definition) is 2. The minimum Gasteiger partial charge on any atom is -0.306 e. The van der Waals surface area contributed by atoms with Crippen LogP contribution in [0.4, 0.5) is 0 Å². The number of aryl methyl sites for hydroxylation is 2. The summed E-state index contributed by atoms with van der Waals surface area (Å²) in [5, 5.41) is 7.52. The van der Waals surface area contributed by atoms with Crippen molar-refractivity contribution in [1.29, 1.82) is 5.41 Å². The van der Waals surface area contributed by atoms with Crippen LogP contribution in [0.15, 0.2) is 12.8 Å². The summed E-state index contributed by atoms with van der Waals surface area (Å²) < 4.78 is 1.65. The summed E-state index contributed by atoms with van der Waals surface area (Å²) in [5.41, 5.74) is 2.02. The zero-order chi connectivity index (χ0) is 8.43. The normalized spacial score (nSPS) is 9.64. The molecule has 1 heterocycles. The average molecular weight is 149 g/mol. The van der Waals surface area contributed by atoms with Gasteiger partial charge in [0.15, 0.2) is 5.49 Å². The second kappa shape index (κ2) is 2.70. The highest BCUT2D eigenvalue weighted by atomic mass is 15.0. The molecule has 0 aromatic carbocycles. The van der Waals surface area contributed by atoms with Crippen LogP contribution < -0.4 is 5.49 Å². The number of nitrogens with zero attached hydrogens (tertiary/aromatic N) is 2. The Bertz CT molecular complexity index is 336. The number of nitrogens with one attached hydrogen (secondary N) is 1. The third-order valence-corrected chi connectivity index (χ3v) is 1.47. The van der Waals surface area contributed by atoms with Crippen molar-refractivity contribution in [2.75, 3.05) is 0 Å². The number of aromatic nitrogens is 2. The van der Waals surface area contributed by atoms with Crippen molar-refractivity contribution in [3.05, 3.63) is 29.7 Å². The van der Waals surface area contributed by atoms with Crippen LogP contribution >= 0.6 is 0 Å². The monoisotopic (exact) mass is 149 g/mol. The van der Waals surface area contributed by atoms with E-state index in [2.05, 4.69) is 11.6 Å². The molecule has 1 rings (SSSR count). The third kappa shape index (κ3) is 1.37. The molecule has 0 saturated heterocycles. The molecular formula is C8H11N3. The van der Waals surface area contributed by atoms with E-state index in [4.69, 9.17) is 5.41 Å². The van der Waals surface area contributed by atoms with E-state index >= 15 is 0 Å². The van der Waals surface area contributed by atoms with E-state index < -0.39 is 0 Å². The quantitative estimate of drug-likeness (QED) is 0.637. The van der Waals surface area contributed by atoms with Crippen LogP contribution in [0.2, 0.25) is 0 Å². The molecule has 1 N–H and O–H groups in total. The average Bonchev–Trinajstić information content (AvgIpc) is 1.96. The van der Waals surface area contributed by atoms with Crippen molar-refractivity contribution >= 4 is 6.20 Å².